The van der Waals surface area contributed by atoms with Gasteiger partial charge in [0.1, 0.15) is 0 Å². The van der Waals surface area contributed by atoms with Crippen molar-refractivity contribution in [3.63, 3.8) is 0 Å². The van der Waals surface area contributed by atoms with Crippen LogP contribution in [0.15, 0.2) is 48.5 Å². The summed E-state index contributed by atoms with van der Waals surface area (Å²) in [6.07, 6.45) is 8.45. The maximum atomic E-state index is 5.33. The summed E-state index contributed by atoms with van der Waals surface area (Å²) >= 11 is 0. The first kappa shape index (κ1) is 29.4. The highest BCUT2D eigenvalue weighted by atomic mass is 31.1. The number of hydrogen-bond acceptors (Lipinski definition) is 4. The molecule has 2 heterocycles. The van der Waals surface area contributed by atoms with Gasteiger partial charge in [-0.2, -0.15) is 0 Å². The highest BCUT2D eigenvalue weighted by molar-refractivity contribution is 7.71. The van der Waals surface area contributed by atoms with Gasteiger partial charge in [0, 0.05) is 5.92 Å². The van der Waals surface area contributed by atoms with Crippen molar-refractivity contribution < 1.29 is 0 Å². The van der Waals surface area contributed by atoms with E-state index in [4.69, 9.17) is 19.9 Å². The van der Waals surface area contributed by atoms with Crippen LogP contribution in [0.25, 0.3) is 22.1 Å². The molecule has 0 bridgehead atoms. The van der Waals surface area contributed by atoms with Crippen LogP contribution in [0.2, 0.25) is 0 Å². The average Bonchev–Trinajstić information content (AvgIpc) is 2.95. The standard InChI is InChI=1S/C31H43N4P3/c1-7-10-20-36-29-28(32-23-16-12-13-17-24(23)33-29)22(4)27(9-3)38(6)31-30(37(5)21-11-8-2)34-25-18-14-15-19-26(25)35-31/h12-19,22,27,36H,7-11,20-21H2,1-6H3/t22-,27-,37+,38?/m0/s1. The Morgan fingerprint density at radius 2 is 1.29 bits per heavy atom. The minimum absolute atomic E-state index is 0.317. The third-order valence-electron chi connectivity index (χ3n) is 7.42. The van der Waals surface area contributed by atoms with Crippen LogP contribution in [0, 0.1) is 0 Å². The minimum Gasteiger partial charge on any atom is -0.249 e. The Hall–Kier alpha value is -1.59. The number of aromatic nitrogens is 4. The van der Waals surface area contributed by atoms with Crippen LogP contribution in [0.5, 0.6) is 0 Å². The molecule has 5 atom stereocenters. The van der Waals surface area contributed by atoms with Crippen molar-refractivity contribution in [2.45, 2.75) is 71.4 Å². The third-order valence-corrected chi connectivity index (χ3v) is 13.7. The lowest BCUT2D eigenvalue weighted by Crippen LogP contribution is -2.34. The molecule has 0 fully saturated rings. The molecule has 0 aliphatic rings. The van der Waals surface area contributed by atoms with Gasteiger partial charge in [-0.25, -0.2) is 19.9 Å². The Bertz CT molecular complexity index is 1350. The SMILES string of the molecule is CCCCPc1nc2ccccc2nc1[C@@H](C)[C@H](CC)P(C)c1nc2ccccc2nc1[P@](C)CCCC. The smallest absolute Gasteiger partial charge is 0.0897 e. The van der Waals surface area contributed by atoms with Gasteiger partial charge in [0.15, 0.2) is 0 Å². The van der Waals surface area contributed by atoms with E-state index in [-0.39, 0.29) is 7.92 Å². The Balaban J connectivity index is 1.76. The molecule has 0 N–H and O–H groups in total. The van der Waals surface area contributed by atoms with Gasteiger partial charge in [0.2, 0.25) is 0 Å². The van der Waals surface area contributed by atoms with Gasteiger partial charge >= 0.3 is 0 Å². The maximum Gasteiger partial charge on any atom is 0.0897 e. The highest BCUT2D eigenvalue weighted by Crippen LogP contribution is 2.46. The second-order valence-electron chi connectivity index (χ2n) is 10.2. The van der Waals surface area contributed by atoms with E-state index in [1.165, 1.54) is 60.0 Å². The number of para-hydroxylation sites is 4. The molecule has 38 heavy (non-hydrogen) atoms. The fraction of sp³-hybridized carbons (Fsp3) is 0.484. The summed E-state index contributed by atoms with van der Waals surface area (Å²) in [5.41, 5.74) is 9.53. The molecule has 0 radical (unpaired) electrons. The van der Waals surface area contributed by atoms with Crippen molar-refractivity contribution in [2.75, 3.05) is 25.7 Å². The van der Waals surface area contributed by atoms with E-state index >= 15 is 0 Å². The fourth-order valence-corrected chi connectivity index (χ4v) is 11.5. The molecule has 4 rings (SSSR count). The topological polar surface area (TPSA) is 51.6 Å². The zero-order chi connectivity index (χ0) is 27.1. The van der Waals surface area contributed by atoms with Gasteiger partial charge in [-0.15, -0.1) is 0 Å². The first-order valence-electron chi connectivity index (χ1n) is 14.2. The van der Waals surface area contributed by atoms with E-state index in [0.717, 1.165) is 28.5 Å². The van der Waals surface area contributed by atoms with E-state index in [9.17, 15) is 0 Å². The van der Waals surface area contributed by atoms with Crippen LogP contribution in [0.1, 0.15) is 71.4 Å². The lowest BCUT2D eigenvalue weighted by Gasteiger charge is -2.31. The second kappa shape index (κ2) is 14.2. The molecule has 2 aromatic heterocycles. The van der Waals surface area contributed by atoms with Gasteiger partial charge in [-0.3, -0.25) is 0 Å². The van der Waals surface area contributed by atoms with Crippen molar-refractivity contribution in [1.82, 2.24) is 19.9 Å². The molecule has 0 saturated heterocycles. The number of hydrogen-bond donors (Lipinski definition) is 0. The minimum atomic E-state index is -0.537. The van der Waals surface area contributed by atoms with E-state index < -0.39 is 7.92 Å². The summed E-state index contributed by atoms with van der Waals surface area (Å²) in [6, 6.07) is 16.8. The van der Waals surface area contributed by atoms with Crippen LogP contribution in [-0.4, -0.2) is 51.2 Å². The zero-order valence-electron chi connectivity index (χ0n) is 23.9. The first-order chi connectivity index (χ1) is 18.5. The van der Waals surface area contributed by atoms with Crippen LogP contribution in [0.4, 0.5) is 0 Å². The maximum absolute atomic E-state index is 5.33. The van der Waals surface area contributed by atoms with Crippen molar-refractivity contribution in [1.29, 1.82) is 0 Å². The number of benzene rings is 2. The van der Waals surface area contributed by atoms with Crippen molar-refractivity contribution in [3.05, 3.63) is 54.2 Å². The molecule has 4 nitrogen and oxygen atoms in total. The predicted octanol–water partition coefficient (Wildman–Crippen LogP) is 7.53. The van der Waals surface area contributed by atoms with Crippen LogP contribution in [-0.2, 0) is 0 Å². The third kappa shape index (κ3) is 6.75. The van der Waals surface area contributed by atoms with Crippen LogP contribution >= 0.6 is 24.4 Å². The van der Waals surface area contributed by atoms with E-state index in [2.05, 4.69) is 89.6 Å². The molecule has 4 aromatic rings. The summed E-state index contributed by atoms with van der Waals surface area (Å²) in [7, 11) is -0.163. The average molecular weight is 565 g/mol. The van der Waals surface area contributed by atoms with Crippen LogP contribution in [0.3, 0.4) is 0 Å². The van der Waals surface area contributed by atoms with Crippen molar-refractivity contribution in [2.24, 2.45) is 0 Å². The molecule has 202 valence electrons. The number of unbranched alkanes of at least 4 members (excludes halogenated alkanes) is 2. The van der Waals surface area contributed by atoms with E-state index in [1.807, 2.05) is 0 Å². The van der Waals surface area contributed by atoms with Gasteiger partial charge in [0.25, 0.3) is 0 Å². The van der Waals surface area contributed by atoms with Crippen molar-refractivity contribution >= 4 is 62.8 Å². The molecule has 2 unspecified atom stereocenters. The predicted molar refractivity (Wildman–Crippen MR) is 174 cm³/mol. The number of rotatable bonds is 13. The van der Waals surface area contributed by atoms with Crippen LogP contribution < -0.4 is 16.3 Å². The fourth-order valence-electron chi connectivity index (χ4n) is 5.12. The zero-order valence-corrected chi connectivity index (χ0v) is 26.7. The largest absolute Gasteiger partial charge is 0.249 e. The second-order valence-corrected chi connectivity index (χ2v) is 16.1. The summed E-state index contributed by atoms with van der Waals surface area (Å²) in [5.74, 6) is 0.317. The molecule has 0 saturated carbocycles. The molecular weight excluding hydrogens is 521 g/mol. The molecular formula is C31H43N4P3. The van der Waals surface area contributed by atoms with E-state index in [1.54, 1.807) is 0 Å². The normalized spacial score (nSPS) is 15.3. The molecule has 0 amide bonds. The molecule has 0 spiro atoms. The summed E-state index contributed by atoms with van der Waals surface area (Å²) in [5, 5.41) is 0. The molecule has 0 aliphatic carbocycles. The monoisotopic (exact) mass is 564 g/mol. The van der Waals surface area contributed by atoms with Gasteiger partial charge in [0.05, 0.1) is 44.1 Å². The quantitative estimate of drug-likeness (QED) is 0.124. The van der Waals surface area contributed by atoms with Gasteiger partial charge < -0.3 is 0 Å². The Morgan fingerprint density at radius 1 is 0.737 bits per heavy atom. The van der Waals surface area contributed by atoms with E-state index in [0.29, 0.717) is 20.2 Å². The lowest BCUT2D eigenvalue weighted by molar-refractivity contribution is 0.663. The summed E-state index contributed by atoms with van der Waals surface area (Å²) in [6.45, 7) is 14.1. The summed E-state index contributed by atoms with van der Waals surface area (Å²) in [4.78, 5) is 21.0. The first-order valence-corrected chi connectivity index (χ1v) is 19.2. The Kier molecular flexibility index (Phi) is 11.0. The molecule has 2 aromatic carbocycles. The van der Waals surface area contributed by atoms with Crippen molar-refractivity contribution in [3.8, 4) is 0 Å². The lowest BCUT2D eigenvalue weighted by atomic mass is 10.0. The Labute approximate surface area is 233 Å². The number of fused-ring (bicyclic) bond motifs is 2. The Morgan fingerprint density at radius 3 is 1.87 bits per heavy atom. The number of nitrogens with zero attached hydrogens (tertiary/aromatic N) is 4. The van der Waals surface area contributed by atoms with Gasteiger partial charge in [-0.1, -0.05) is 89.2 Å². The summed E-state index contributed by atoms with van der Waals surface area (Å²) < 4.78 is 0. The molecule has 0 aliphatic heterocycles. The highest BCUT2D eigenvalue weighted by Gasteiger charge is 2.31. The van der Waals surface area contributed by atoms with Gasteiger partial charge in [-0.05, 0) is 74.8 Å². The molecule has 7 heteroatoms.